The molecule has 2 heteroatoms. The Balaban J connectivity index is 1.84. The van der Waals surface area contributed by atoms with Crippen molar-refractivity contribution in [3.05, 3.63) is 53.6 Å². The van der Waals surface area contributed by atoms with Gasteiger partial charge in [-0.3, -0.25) is 0 Å². The zero-order chi connectivity index (χ0) is 14.2. The van der Waals surface area contributed by atoms with Gasteiger partial charge in [-0.15, -0.1) is 0 Å². The number of fused-ring (bicyclic) bond motifs is 2. The molecular weight excluding hydrogens is 256 g/mol. The van der Waals surface area contributed by atoms with Crippen molar-refractivity contribution in [1.29, 1.82) is 0 Å². The van der Waals surface area contributed by atoms with E-state index in [9.17, 15) is 0 Å². The lowest BCUT2D eigenvalue weighted by Crippen LogP contribution is -2.31. The third kappa shape index (κ3) is 2.19. The predicted molar refractivity (Wildman–Crippen MR) is 89.6 cm³/mol. The van der Waals surface area contributed by atoms with E-state index in [-0.39, 0.29) is 0 Å². The van der Waals surface area contributed by atoms with Gasteiger partial charge < -0.3 is 10.2 Å². The minimum Gasteiger partial charge on any atom is -0.385 e. The zero-order valence-electron chi connectivity index (χ0n) is 12.6. The van der Waals surface area contributed by atoms with Crippen molar-refractivity contribution >= 4 is 17.1 Å². The largest absolute Gasteiger partial charge is 0.385 e. The Kier molecular flexibility index (Phi) is 3.10. The Morgan fingerprint density at radius 3 is 2.86 bits per heavy atom. The van der Waals surface area contributed by atoms with Gasteiger partial charge in [-0.25, -0.2) is 0 Å². The second-order valence-electron chi connectivity index (χ2n) is 6.38. The van der Waals surface area contributed by atoms with Gasteiger partial charge in [-0.05, 0) is 54.5 Å². The molecule has 2 nitrogen and oxygen atoms in total. The second kappa shape index (κ2) is 5.10. The van der Waals surface area contributed by atoms with Gasteiger partial charge in [0, 0.05) is 30.2 Å². The number of para-hydroxylation sites is 1. The maximum Gasteiger partial charge on any atom is 0.0464 e. The Bertz CT molecular complexity index is 662. The molecule has 1 atom stereocenters. The molecule has 0 spiro atoms. The summed E-state index contributed by atoms with van der Waals surface area (Å²) in [7, 11) is 0. The van der Waals surface area contributed by atoms with Crippen molar-refractivity contribution in [1.82, 2.24) is 0 Å². The normalized spacial score (nSPS) is 20.4. The highest BCUT2D eigenvalue weighted by Crippen LogP contribution is 2.40. The van der Waals surface area contributed by atoms with Gasteiger partial charge in [0.25, 0.3) is 0 Å². The van der Waals surface area contributed by atoms with E-state index < -0.39 is 0 Å². The van der Waals surface area contributed by atoms with Gasteiger partial charge in [-0.1, -0.05) is 31.2 Å². The Hall–Kier alpha value is -1.96. The lowest BCUT2D eigenvalue weighted by atomic mass is 9.92. The van der Waals surface area contributed by atoms with Gasteiger partial charge in [0.1, 0.15) is 0 Å². The molecule has 2 heterocycles. The highest BCUT2D eigenvalue weighted by atomic mass is 15.2. The van der Waals surface area contributed by atoms with Crippen molar-refractivity contribution in [2.24, 2.45) is 5.92 Å². The summed E-state index contributed by atoms with van der Waals surface area (Å²) in [6, 6.07) is 15.6. The van der Waals surface area contributed by atoms with E-state index in [1.165, 1.54) is 47.5 Å². The molecule has 1 N–H and O–H groups in total. The molecule has 0 amide bonds. The number of nitrogens with one attached hydrogen (secondary N) is 1. The number of nitrogens with zero attached hydrogens (tertiary/aromatic N) is 1. The van der Waals surface area contributed by atoms with Gasteiger partial charge in [0.15, 0.2) is 0 Å². The number of hydrogen-bond donors (Lipinski definition) is 1. The van der Waals surface area contributed by atoms with Crippen molar-refractivity contribution in [3.63, 3.8) is 0 Å². The van der Waals surface area contributed by atoms with Crippen LogP contribution in [0, 0.1) is 5.92 Å². The van der Waals surface area contributed by atoms with E-state index in [0.29, 0.717) is 5.92 Å². The average Bonchev–Trinajstić information content (AvgIpc) is 2.53. The number of benzene rings is 2. The van der Waals surface area contributed by atoms with Crippen LogP contribution in [0.15, 0.2) is 42.5 Å². The van der Waals surface area contributed by atoms with Gasteiger partial charge >= 0.3 is 0 Å². The van der Waals surface area contributed by atoms with E-state index in [0.717, 1.165) is 13.1 Å². The maximum absolute atomic E-state index is 3.55. The molecule has 108 valence electrons. The van der Waals surface area contributed by atoms with Crippen LogP contribution >= 0.6 is 0 Å². The summed E-state index contributed by atoms with van der Waals surface area (Å²) in [6.07, 6.45) is 3.61. The molecule has 0 bridgehead atoms. The standard InChI is InChI=1S/C19H22N2/c1-14-12-15-6-2-3-9-18(15)21(13-14)19-10-4-8-17-16(19)7-5-11-20-17/h2-4,6,8-10,14,20H,5,7,11-13H2,1H3. The van der Waals surface area contributed by atoms with E-state index >= 15 is 0 Å². The molecule has 2 aromatic carbocycles. The first kappa shape index (κ1) is 12.8. The molecular formula is C19H22N2. The summed E-state index contributed by atoms with van der Waals surface area (Å²) >= 11 is 0. The minimum atomic E-state index is 0.701. The van der Waals surface area contributed by atoms with E-state index in [2.05, 4.69) is 59.6 Å². The van der Waals surface area contributed by atoms with E-state index in [1.807, 2.05) is 0 Å². The fourth-order valence-electron chi connectivity index (χ4n) is 3.77. The molecule has 1 unspecified atom stereocenters. The minimum absolute atomic E-state index is 0.701. The molecule has 0 aliphatic carbocycles. The highest BCUT2D eigenvalue weighted by molar-refractivity contribution is 5.75. The van der Waals surface area contributed by atoms with Crippen LogP contribution in [0.1, 0.15) is 24.5 Å². The van der Waals surface area contributed by atoms with Crippen LogP contribution in [0.3, 0.4) is 0 Å². The summed E-state index contributed by atoms with van der Waals surface area (Å²) < 4.78 is 0. The molecule has 2 aliphatic rings. The summed E-state index contributed by atoms with van der Waals surface area (Å²) in [5, 5.41) is 3.55. The van der Waals surface area contributed by atoms with Crippen LogP contribution in [-0.2, 0) is 12.8 Å². The van der Waals surface area contributed by atoms with Gasteiger partial charge in [0.2, 0.25) is 0 Å². The van der Waals surface area contributed by atoms with Crippen LogP contribution in [0.25, 0.3) is 0 Å². The topological polar surface area (TPSA) is 15.3 Å². The number of hydrogen-bond acceptors (Lipinski definition) is 2. The van der Waals surface area contributed by atoms with Crippen molar-refractivity contribution in [2.45, 2.75) is 26.2 Å². The number of anilines is 3. The third-order valence-corrected chi connectivity index (χ3v) is 4.71. The first-order valence-electron chi connectivity index (χ1n) is 8.04. The lowest BCUT2D eigenvalue weighted by molar-refractivity contribution is 0.561. The molecule has 0 saturated heterocycles. The average molecular weight is 278 g/mol. The Labute approximate surface area is 126 Å². The van der Waals surface area contributed by atoms with Crippen molar-refractivity contribution in [2.75, 3.05) is 23.3 Å². The molecule has 2 aromatic rings. The number of rotatable bonds is 1. The SMILES string of the molecule is CC1Cc2ccccc2N(c2cccc3c2CCCN3)C1. The van der Waals surface area contributed by atoms with E-state index in [1.54, 1.807) is 0 Å². The molecule has 0 aromatic heterocycles. The molecule has 21 heavy (non-hydrogen) atoms. The van der Waals surface area contributed by atoms with E-state index in [4.69, 9.17) is 0 Å². The van der Waals surface area contributed by atoms with Crippen LogP contribution in [0.4, 0.5) is 17.1 Å². The summed E-state index contributed by atoms with van der Waals surface area (Å²) in [5.41, 5.74) is 7.10. The Morgan fingerprint density at radius 2 is 1.90 bits per heavy atom. The molecule has 0 fully saturated rings. The second-order valence-corrected chi connectivity index (χ2v) is 6.38. The predicted octanol–water partition coefficient (Wildman–Crippen LogP) is 4.38. The van der Waals surface area contributed by atoms with Gasteiger partial charge in [-0.2, -0.15) is 0 Å². The zero-order valence-corrected chi connectivity index (χ0v) is 12.6. The van der Waals surface area contributed by atoms with Gasteiger partial charge in [0.05, 0.1) is 0 Å². The van der Waals surface area contributed by atoms with Crippen LogP contribution < -0.4 is 10.2 Å². The van der Waals surface area contributed by atoms with Crippen LogP contribution in [0.5, 0.6) is 0 Å². The Morgan fingerprint density at radius 1 is 1.05 bits per heavy atom. The quantitative estimate of drug-likeness (QED) is 0.833. The maximum atomic E-state index is 3.55. The first-order chi connectivity index (χ1) is 10.3. The summed E-state index contributed by atoms with van der Waals surface area (Å²) in [6.45, 7) is 4.58. The molecule has 0 radical (unpaired) electrons. The fraction of sp³-hybridized carbons (Fsp3) is 0.368. The third-order valence-electron chi connectivity index (χ3n) is 4.71. The molecule has 0 saturated carbocycles. The monoisotopic (exact) mass is 278 g/mol. The summed E-state index contributed by atoms with van der Waals surface area (Å²) in [5.74, 6) is 0.701. The molecule has 4 rings (SSSR count). The van der Waals surface area contributed by atoms with Crippen LogP contribution in [0.2, 0.25) is 0 Å². The summed E-state index contributed by atoms with van der Waals surface area (Å²) in [4.78, 5) is 2.54. The van der Waals surface area contributed by atoms with Crippen molar-refractivity contribution in [3.8, 4) is 0 Å². The van der Waals surface area contributed by atoms with Crippen molar-refractivity contribution < 1.29 is 0 Å². The highest BCUT2D eigenvalue weighted by Gasteiger charge is 2.25. The fourth-order valence-corrected chi connectivity index (χ4v) is 3.77. The first-order valence-corrected chi connectivity index (χ1v) is 8.04. The smallest absolute Gasteiger partial charge is 0.0464 e. The lowest BCUT2D eigenvalue weighted by Gasteiger charge is -2.37. The molecule has 2 aliphatic heterocycles. The van der Waals surface area contributed by atoms with Crippen LogP contribution in [-0.4, -0.2) is 13.1 Å².